The molecule has 2 N–H and O–H groups in total. The maximum Gasteiger partial charge on any atom is 0.191 e. The van der Waals surface area contributed by atoms with E-state index < -0.39 is 0 Å². The standard InChI is InChI=1S/C17H25N3O.HI/c1-13-7-6-10-16(11-13)21-14(2)12-19-17(18-3)20-15-8-4-5-9-15;/h4-7,10-11,14-15H,8-9,12H2,1-3H3,(H2,18,19,20);1H. The second-order valence-corrected chi connectivity index (χ2v) is 5.48. The third-order valence-corrected chi connectivity index (χ3v) is 3.46. The number of halogens is 1. The number of hydrogen-bond donors (Lipinski definition) is 2. The van der Waals surface area contributed by atoms with Crippen molar-refractivity contribution in [1.29, 1.82) is 0 Å². The van der Waals surface area contributed by atoms with Crippen molar-refractivity contribution in [2.45, 2.75) is 38.8 Å². The molecule has 122 valence electrons. The summed E-state index contributed by atoms with van der Waals surface area (Å²) >= 11 is 0. The lowest BCUT2D eigenvalue weighted by Crippen LogP contribution is -2.45. The summed E-state index contributed by atoms with van der Waals surface area (Å²) in [6.07, 6.45) is 6.61. The van der Waals surface area contributed by atoms with Gasteiger partial charge in [-0.15, -0.1) is 24.0 Å². The smallest absolute Gasteiger partial charge is 0.191 e. The van der Waals surface area contributed by atoms with E-state index in [1.807, 2.05) is 18.2 Å². The van der Waals surface area contributed by atoms with Crippen molar-refractivity contribution in [1.82, 2.24) is 10.6 Å². The van der Waals surface area contributed by atoms with Gasteiger partial charge in [0.15, 0.2) is 5.96 Å². The number of rotatable bonds is 5. The molecule has 1 unspecified atom stereocenters. The molecule has 1 atom stereocenters. The molecule has 0 fully saturated rings. The van der Waals surface area contributed by atoms with Crippen LogP contribution in [0.25, 0.3) is 0 Å². The van der Waals surface area contributed by atoms with Crippen molar-refractivity contribution >= 4 is 29.9 Å². The Labute approximate surface area is 150 Å². The maximum atomic E-state index is 5.90. The zero-order valence-corrected chi connectivity index (χ0v) is 15.8. The topological polar surface area (TPSA) is 45.7 Å². The number of ether oxygens (including phenoxy) is 1. The first kappa shape index (κ1) is 18.8. The minimum Gasteiger partial charge on any atom is -0.489 e. The van der Waals surface area contributed by atoms with Crippen LogP contribution in [0.1, 0.15) is 25.3 Å². The van der Waals surface area contributed by atoms with Crippen LogP contribution < -0.4 is 15.4 Å². The fourth-order valence-corrected chi connectivity index (χ4v) is 2.33. The highest BCUT2D eigenvalue weighted by Gasteiger charge is 2.12. The molecule has 22 heavy (non-hydrogen) atoms. The molecule has 4 nitrogen and oxygen atoms in total. The van der Waals surface area contributed by atoms with Crippen molar-refractivity contribution in [3.05, 3.63) is 42.0 Å². The monoisotopic (exact) mass is 415 g/mol. The van der Waals surface area contributed by atoms with Crippen LogP contribution in [-0.4, -0.2) is 31.7 Å². The molecule has 5 heteroatoms. The lowest BCUT2D eigenvalue weighted by Gasteiger charge is -2.20. The Balaban J connectivity index is 0.00000242. The summed E-state index contributed by atoms with van der Waals surface area (Å²) < 4.78 is 5.90. The number of aliphatic imine (C=N–C) groups is 1. The zero-order valence-electron chi connectivity index (χ0n) is 13.5. The number of aryl methyl sites for hydroxylation is 1. The summed E-state index contributed by atoms with van der Waals surface area (Å²) in [5, 5.41) is 6.73. The Hall–Kier alpha value is -1.24. The zero-order chi connectivity index (χ0) is 15.1. The van der Waals surface area contributed by atoms with Gasteiger partial charge >= 0.3 is 0 Å². The SMILES string of the molecule is CN=C(NCC(C)Oc1cccc(C)c1)NC1CC=CC1.I. The number of nitrogens with zero attached hydrogens (tertiary/aromatic N) is 1. The predicted octanol–water partition coefficient (Wildman–Crippen LogP) is 3.26. The second-order valence-electron chi connectivity index (χ2n) is 5.48. The van der Waals surface area contributed by atoms with E-state index >= 15 is 0 Å². The average molecular weight is 415 g/mol. The summed E-state index contributed by atoms with van der Waals surface area (Å²) in [5.74, 6) is 1.75. The molecule has 0 saturated heterocycles. The van der Waals surface area contributed by atoms with Crippen LogP contribution in [0.5, 0.6) is 5.75 Å². The third-order valence-electron chi connectivity index (χ3n) is 3.46. The number of benzene rings is 1. The van der Waals surface area contributed by atoms with Gasteiger partial charge in [0.1, 0.15) is 11.9 Å². The fraction of sp³-hybridized carbons (Fsp3) is 0.471. The highest BCUT2D eigenvalue weighted by Crippen LogP contribution is 2.14. The van der Waals surface area contributed by atoms with Crippen LogP contribution in [0.2, 0.25) is 0 Å². The fourth-order valence-electron chi connectivity index (χ4n) is 2.33. The van der Waals surface area contributed by atoms with Gasteiger partial charge in [0.25, 0.3) is 0 Å². The van der Waals surface area contributed by atoms with E-state index in [4.69, 9.17) is 4.74 Å². The van der Waals surface area contributed by atoms with Crippen molar-refractivity contribution in [3.8, 4) is 5.75 Å². The predicted molar refractivity (Wildman–Crippen MR) is 103 cm³/mol. The van der Waals surface area contributed by atoms with E-state index in [2.05, 4.69) is 47.7 Å². The summed E-state index contributed by atoms with van der Waals surface area (Å²) in [4.78, 5) is 4.26. The molecule has 0 bridgehead atoms. The molecule has 0 heterocycles. The molecule has 0 spiro atoms. The van der Waals surface area contributed by atoms with Crippen LogP contribution in [0.4, 0.5) is 0 Å². The first-order valence-electron chi connectivity index (χ1n) is 7.53. The summed E-state index contributed by atoms with van der Waals surface area (Å²) in [5.41, 5.74) is 1.21. The molecule has 2 rings (SSSR count). The molecule has 0 radical (unpaired) electrons. The largest absolute Gasteiger partial charge is 0.489 e. The molecular formula is C17H26IN3O. The van der Waals surface area contributed by atoms with Crippen molar-refractivity contribution in [2.24, 2.45) is 4.99 Å². The van der Waals surface area contributed by atoms with Crippen LogP contribution >= 0.6 is 24.0 Å². The lowest BCUT2D eigenvalue weighted by molar-refractivity contribution is 0.223. The summed E-state index contributed by atoms with van der Waals surface area (Å²) in [7, 11) is 1.80. The van der Waals surface area contributed by atoms with Gasteiger partial charge in [-0.25, -0.2) is 0 Å². The summed E-state index contributed by atoms with van der Waals surface area (Å²) in [6.45, 7) is 4.84. The van der Waals surface area contributed by atoms with Crippen molar-refractivity contribution in [3.63, 3.8) is 0 Å². The normalized spacial score (nSPS) is 16.0. The van der Waals surface area contributed by atoms with Gasteiger partial charge in [-0.05, 0) is 44.4 Å². The molecule has 1 aromatic rings. The minimum atomic E-state index is 0. The van der Waals surface area contributed by atoms with Gasteiger partial charge in [0.2, 0.25) is 0 Å². The Bertz CT molecular complexity index is 508. The average Bonchev–Trinajstić information content (AvgIpc) is 2.96. The van der Waals surface area contributed by atoms with E-state index in [1.165, 1.54) is 5.56 Å². The van der Waals surface area contributed by atoms with Gasteiger partial charge in [0, 0.05) is 13.1 Å². The molecule has 0 aromatic heterocycles. The molecule has 1 aliphatic carbocycles. The quantitative estimate of drug-likeness (QED) is 0.336. The Morgan fingerprint density at radius 2 is 2.09 bits per heavy atom. The maximum absolute atomic E-state index is 5.90. The van der Waals surface area contributed by atoms with Crippen LogP contribution in [0, 0.1) is 6.92 Å². The van der Waals surface area contributed by atoms with E-state index in [0.717, 1.165) is 24.6 Å². The number of guanidine groups is 1. The molecule has 0 amide bonds. The van der Waals surface area contributed by atoms with E-state index in [-0.39, 0.29) is 30.1 Å². The van der Waals surface area contributed by atoms with Gasteiger partial charge in [-0.1, -0.05) is 24.3 Å². The number of nitrogens with one attached hydrogen (secondary N) is 2. The number of hydrogen-bond acceptors (Lipinski definition) is 2. The first-order valence-corrected chi connectivity index (χ1v) is 7.53. The molecule has 1 aliphatic rings. The van der Waals surface area contributed by atoms with E-state index in [0.29, 0.717) is 12.6 Å². The highest BCUT2D eigenvalue weighted by atomic mass is 127. The Kier molecular flexibility index (Phi) is 8.30. The molecule has 0 aliphatic heterocycles. The molecular weight excluding hydrogens is 389 g/mol. The second kappa shape index (κ2) is 9.71. The summed E-state index contributed by atoms with van der Waals surface area (Å²) in [6, 6.07) is 8.58. The van der Waals surface area contributed by atoms with Gasteiger partial charge in [-0.2, -0.15) is 0 Å². The van der Waals surface area contributed by atoms with Crippen LogP contribution in [-0.2, 0) is 0 Å². The Morgan fingerprint density at radius 3 is 2.73 bits per heavy atom. The lowest BCUT2D eigenvalue weighted by atomic mass is 10.2. The van der Waals surface area contributed by atoms with Crippen LogP contribution in [0.15, 0.2) is 41.4 Å². The van der Waals surface area contributed by atoms with E-state index in [1.54, 1.807) is 7.05 Å². The van der Waals surface area contributed by atoms with Gasteiger partial charge < -0.3 is 15.4 Å². The molecule has 1 aromatic carbocycles. The van der Waals surface area contributed by atoms with Crippen LogP contribution in [0.3, 0.4) is 0 Å². The molecule has 0 saturated carbocycles. The van der Waals surface area contributed by atoms with Crippen molar-refractivity contribution in [2.75, 3.05) is 13.6 Å². The van der Waals surface area contributed by atoms with Gasteiger partial charge in [-0.3, -0.25) is 4.99 Å². The third kappa shape index (κ3) is 6.25. The van der Waals surface area contributed by atoms with E-state index in [9.17, 15) is 0 Å². The minimum absolute atomic E-state index is 0. The van der Waals surface area contributed by atoms with Gasteiger partial charge in [0.05, 0.1) is 6.54 Å². The first-order chi connectivity index (χ1) is 10.2. The Morgan fingerprint density at radius 1 is 1.36 bits per heavy atom. The highest BCUT2D eigenvalue weighted by molar-refractivity contribution is 14.0. The van der Waals surface area contributed by atoms with Crippen molar-refractivity contribution < 1.29 is 4.74 Å².